The summed E-state index contributed by atoms with van der Waals surface area (Å²) in [6.45, 7) is 2.32. The lowest BCUT2D eigenvalue weighted by Crippen LogP contribution is -2.43. The fourth-order valence-corrected chi connectivity index (χ4v) is 2.15. The fourth-order valence-electron chi connectivity index (χ4n) is 2.15. The van der Waals surface area contributed by atoms with Crippen LogP contribution in [0.5, 0.6) is 0 Å². The van der Waals surface area contributed by atoms with E-state index in [2.05, 4.69) is 12.2 Å². The second-order valence-electron chi connectivity index (χ2n) is 4.52. The van der Waals surface area contributed by atoms with Crippen molar-refractivity contribution >= 4 is 0 Å². The molecule has 0 spiro atoms. The molecule has 2 nitrogen and oxygen atoms in total. The molecule has 0 aromatic carbocycles. The summed E-state index contributed by atoms with van der Waals surface area (Å²) in [5.41, 5.74) is 0.464. The highest BCUT2D eigenvalue weighted by Crippen LogP contribution is 2.37. The van der Waals surface area contributed by atoms with E-state index in [0.717, 1.165) is 0 Å². The van der Waals surface area contributed by atoms with Crippen molar-refractivity contribution in [3.63, 3.8) is 0 Å². The summed E-state index contributed by atoms with van der Waals surface area (Å²) in [7, 11) is 1.83. The van der Waals surface area contributed by atoms with Crippen molar-refractivity contribution in [2.24, 2.45) is 0 Å². The van der Waals surface area contributed by atoms with Gasteiger partial charge in [0.2, 0.25) is 0 Å². The minimum absolute atomic E-state index is 0.464. The van der Waals surface area contributed by atoms with E-state index in [1.807, 2.05) is 7.11 Å². The molecule has 0 aromatic rings. The van der Waals surface area contributed by atoms with Crippen molar-refractivity contribution in [1.82, 2.24) is 5.32 Å². The summed E-state index contributed by atoms with van der Waals surface area (Å²) >= 11 is 0. The zero-order valence-corrected chi connectivity index (χ0v) is 8.10. The SMILES string of the molecule is COC1CCCC1NC1(C)CC1. The van der Waals surface area contributed by atoms with Crippen molar-refractivity contribution < 1.29 is 4.74 Å². The normalized spacial score (nSPS) is 38.5. The fraction of sp³-hybridized carbons (Fsp3) is 1.00. The van der Waals surface area contributed by atoms with Gasteiger partial charge in [0.1, 0.15) is 0 Å². The third kappa shape index (κ3) is 1.64. The molecule has 2 aliphatic carbocycles. The van der Waals surface area contributed by atoms with E-state index in [1.165, 1.54) is 32.1 Å². The van der Waals surface area contributed by atoms with Crippen molar-refractivity contribution in [1.29, 1.82) is 0 Å². The number of ether oxygens (including phenoxy) is 1. The lowest BCUT2D eigenvalue weighted by molar-refractivity contribution is 0.0807. The summed E-state index contributed by atoms with van der Waals surface area (Å²) in [5, 5.41) is 3.71. The van der Waals surface area contributed by atoms with Gasteiger partial charge in [0.25, 0.3) is 0 Å². The third-order valence-corrected chi connectivity index (χ3v) is 3.29. The van der Waals surface area contributed by atoms with E-state index < -0.39 is 0 Å². The number of hydrogen-bond donors (Lipinski definition) is 1. The summed E-state index contributed by atoms with van der Waals surface area (Å²) in [6.07, 6.45) is 7.03. The molecule has 2 saturated carbocycles. The van der Waals surface area contributed by atoms with Gasteiger partial charge < -0.3 is 10.1 Å². The number of methoxy groups -OCH3 is 1. The van der Waals surface area contributed by atoms with Crippen LogP contribution in [0, 0.1) is 0 Å². The van der Waals surface area contributed by atoms with Crippen molar-refractivity contribution in [3.8, 4) is 0 Å². The summed E-state index contributed by atoms with van der Waals surface area (Å²) in [6, 6.07) is 0.627. The van der Waals surface area contributed by atoms with Crippen LogP contribution in [0.1, 0.15) is 39.0 Å². The van der Waals surface area contributed by atoms with Gasteiger partial charge in [-0.25, -0.2) is 0 Å². The van der Waals surface area contributed by atoms with Crippen LogP contribution in [-0.2, 0) is 4.74 Å². The van der Waals surface area contributed by atoms with Crippen LogP contribution in [0.3, 0.4) is 0 Å². The molecule has 0 heterocycles. The predicted octanol–water partition coefficient (Wildman–Crippen LogP) is 1.70. The molecule has 0 aliphatic heterocycles. The van der Waals surface area contributed by atoms with Gasteiger partial charge in [-0.3, -0.25) is 0 Å². The summed E-state index contributed by atoms with van der Waals surface area (Å²) in [5.74, 6) is 0. The molecule has 0 amide bonds. The van der Waals surface area contributed by atoms with Gasteiger partial charge in [0.05, 0.1) is 6.10 Å². The van der Waals surface area contributed by atoms with Gasteiger partial charge in [0, 0.05) is 18.7 Å². The average molecular weight is 169 g/mol. The Hall–Kier alpha value is -0.0800. The molecule has 0 aromatic heterocycles. The molecule has 2 atom stereocenters. The largest absolute Gasteiger partial charge is 0.380 e. The number of nitrogens with one attached hydrogen (secondary N) is 1. The van der Waals surface area contributed by atoms with Gasteiger partial charge in [0.15, 0.2) is 0 Å². The van der Waals surface area contributed by atoms with Crippen LogP contribution in [0.2, 0.25) is 0 Å². The molecular weight excluding hydrogens is 150 g/mol. The van der Waals surface area contributed by atoms with Crippen LogP contribution >= 0.6 is 0 Å². The van der Waals surface area contributed by atoms with Crippen molar-refractivity contribution in [2.75, 3.05) is 7.11 Å². The van der Waals surface area contributed by atoms with Gasteiger partial charge >= 0.3 is 0 Å². The molecular formula is C10H19NO. The predicted molar refractivity (Wildman–Crippen MR) is 49.2 cm³/mol. The van der Waals surface area contributed by atoms with Gasteiger partial charge in [-0.15, -0.1) is 0 Å². The zero-order chi connectivity index (χ0) is 8.60. The Morgan fingerprint density at radius 2 is 2.08 bits per heavy atom. The van der Waals surface area contributed by atoms with E-state index in [0.29, 0.717) is 17.7 Å². The minimum Gasteiger partial charge on any atom is -0.380 e. The van der Waals surface area contributed by atoms with E-state index in [9.17, 15) is 0 Å². The Labute approximate surface area is 74.7 Å². The maximum atomic E-state index is 5.43. The molecule has 2 unspecified atom stereocenters. The first-order valence-electron chi connectivity index (χ1n) is 5.04. The molecule has 0 radical (unpaired) electrons. The highest BCUT2D eigenvalue weighted by Gasteiger charge is 2.41. The van der Waals surface area contributed by atoms with Crippen LogP contribution < -0.4 is 5.32 Å². The maximum absolute atomic E-state index is 5.43. The minimum atomic E-state index is 0.464. The topological polar surface area (TPSA) is 21.3 Å². The highest BCUT2D eigenvalue weighted by molar-refractivity contribution is 5.01. The molecule has 2 rings (SSSR count). The van der Waals surface area contributed by atoms with Gasteiger partial charge in [-0.1, -0.05) is 0 Å². The smallest absolute Gasteiger partial charge is 0.0724 e. The number of hydrogen-bond acceptors (Lipinski definition) is 2. The lowest BCUT2D eigenvalue weighted by atomic mass is 10.1. The Bertz CT molecular complexity index is 165. The van der Waals surface area contributed by atoms with Crippen LogP contribution in [0.25, 0.3) is 0 Å². The second-order valence-corrected chi connectivity index (χ2v) is 4.52. The summed E-state index contributed by atoms with van der Waals surface area (Å²) in [4.78, 5) is 0. The standard InChI is InChI=1S/C10H19NO/c1-10(6-7-10)11-8-4-3-5-9(8)12-2/h8-9,11H,3-7H2,1-2H3. The van der Waals surface area contributed by atoms with E-state index in [4.69, 9.17) is 4.74 Å². The Kier molecular flexibility index (Phi) is 2.13. The Balaban J connectivity index is 1.85. The monoisotopic (exact) mass is 169 g/mol. The molecule has 2 aliphatic rings. The average Bonchev–Trinajstić information content (AvgIpc) is 2.64. The van der Waals surface area contributed by atoms with Gasteiger partial charge in [-0.05, 0) is 39.0 Å². The van der Waals surface area contributed by atoms with Crippen molar-refractivity contribution in [2.45, 2.75) is 56.7 Å². The van der Waals surface area contributed by atoms with Crippen LogP contribution in [-0.4, -0.2) is 24.8 Å². The molecule has 12 heavy (non-hydrogen) atoms. The molecule has 2 fully saturated rings. The maximum Gasteiger partial charge on any atom is 0.0724 e. The van der Waals surface area contributed by atoms with Crippen LogP contribution in [0.15, 0.2) is 0 Å². The molecule has 0 bridgehead atoms. The first-order valence-corrected chi connectivity index (χ1v) is 5.04. The van der Waals surface area contributed by atoms with E-state index >= 15 is 0 Å². The zero-order valence-electron chi connectivity index (χ0n) is 8.10. The van der Waals surface area contributed by atoms with E-state index in [-0.39, 0.29) is 0 Å². The quantitative estimate of drug-likeness (QED) is 0.694. The van der Waals surface area contributed by atoms with Gasteiger partial charge in [-0.2, -0.15) is 0 Å². The highest BCUT2D eigenvalue weighted by atomic mass is 16.5. The van der Waals surface area contributed by atoms with E-state index in [1.54, 1.807) is 0 Å². The third-order valence-electron chi connectivity index (χ3n) is 3.29. The van der Waals surface area contributed by atoms with Crippen LogP contribution in [0.4, 0.5) is 0 Å². The molecule has 0 saturated heterocycles. The molecule has 2 heteroatoms. The summed E-state index contributed by atoms with van der Waals surface area (Å²) < 4.78 is 5.43. The first kappa shape index (κ1) is 8.52. The Morgan fingerprint density at radius 3 is 2.67 bits per heavy atom. The second kappa shape index (κ2) is 3.00. The van der Waals surface area contributed by atoms with Crippen molar-refractivity contribution in [3.05, 3.63) is 0 Å². The molecule has 70 valence electrons. The lowest BCUT2D eigenvalue weighted by Gasteiger charge is -2.23. The number of rotatable bonds is 3. The molecule has 1 N–H and O–H groups in total. The Morgan fingerprint density at radius 1 is 1.33 bits per heavy atom. The first-order chi connectivity index (χ1) is 5.73.